The van der Waals surface area contributed by atoms with Gasteiger partial charge in [-0.2, -0.15) is 5.10 Å². The van der Waals surface area contributed by atoms with Gasteiger partial charge in [-0.1, -0.05) is 15.9 Å². The molecule has 0 saturated carbocycles. The molecule has 4 rings (SSSR count). The lowest BCUT2D eigenvalue weighted by Gasteiger charge is -2.14. The first-order valence-corrected chi connectivity index (χ1v) is 9.52. The molecular formula is C19H18BrN5O2. The highest BCUT2D eigenvalue weighted by molar-refractivity contribution is 9.10. The van der Waals surface area contributed by atoms with E-state index in [0.717, 1.165) is 27.4 Å². The lowest BCUT2D eigenvalue weighted by Crippen LogP contribution is -2.34. The molecule has 3 heterocycles. The van der Waals surface area contributed by atoms with Crippen molar-refractivity contribution in [2.45, 2.75) is 12.8 Å². The van der Waals surface area contributed by atoms with Crippen molar-refractivity contribution >= 4 is 44.5 Å². The lowest BCUT2D eigenvalue weighted by molar-refractivity contribution is -0.126. The molecule has 1 atom stereocenters. The Morgan fingerprint density at radius 1 is 1.30 bits per heavy atom. The number of amides is 2. The molecule has 0 radical (unpaired) electrons. The zero-order valence-corrected chi connectivity index (χ0v) is 16.1. The number of aromatic nitrogens is 3. The SMILES string of the molecule is O=C(NCCc1ccncc1)C1CC(=O)N(c2n[nH]c3cc(Br)ccc23)C1. The van der Waals surface area contributed by atoms with E-state index < -0.39 is 0 Å². The Bertz CT molecular complexity index is 988. The van der Waals surface area contributed by atoms with Gasteiger partial charge in [-0.15, -0.1) is 0 Å². The van der Waals surface area contributed by atoms with Gasteiger partial charge < -0.3 is 5.32 Å². The monoisotopic (exact) mass is 427 g/mol. The molecule has 1 aliphatic rings. The number of H-pyrrole nitrogens is 1. The van der Waals surface area contributed by atoms with E-state index in [1.54, 1.807) is 17.3 Å². The lowest BCUT2D eigenvalue weighted by atomic mass is 10.1. The van der Waals surface area contributed by atoms with E-state index in [-0.39, 0.29) is 24.2 Å². The van der Waals surface area contributed by atoms with Crippen LogP contribution in [0.4, 0.5) is 5.82 Å². The first kappa shape index (κ1) is 17.7. The Hall–Kier alpha value is -2.74. The van der Waals surface area contributed by atoms with Crippen LogP contribution < -0.4 is 10.2 Å². The van der Waals surface area contributed by atoms with Gasteiger partial charge in [-0.25, -0.2) is 0 Å². The third kappa shape index (κ3) is 3.71. The van der Waals surface area contributed by atoms with Crippen LogP contribution in [0.1, 0.15) is 12.0 Å². The predicted molar refractivity (Wildman–Crippen MR) is 105 cm³/mol. The van der Waals surface area contributed by atoms with Crippen LogP contribution in [0.5, 0.6) is 0 Å². The second kappa shape index (κ2) is 7.48. The number of halogens is 1. The van der Waals surface area contributed by atoms with Crippen molar-refractivity contribution in [3.63, 3.8) is 0 Å². The zero-order valence-electron chi connectivity index (χ0n) is 14.5. The number of rotatable bonds is 5. The maximum Gasteiger partial charge on any atom is 0.229 e. The molecule has 1 aromatic carbocycles. The summed E-state index contributed by atoms with van der Waals surface area (Å²) < 4.78 is 0.935. The number of aromatic amines is 1. The van der Waals surface area contributed by atoms with Crippen LogP contribution in [0.2, 0.25) is 0 Å². The molecule has 1 fully saturated rings. The summed E-state index contributed by atoms with van der Waals surface area (Å²) in [5, 5.41) is 11.0. The minimum absolute atomic E-state index is 0.0828. The number of anilines is 1. The second-order valence-electron chi connectivity index (χ2n) is 6.54. The van der Waals surface area contributed by atoms with Gasteiger partial charge in [0, 0.05) is 41.8 Å². The first-order chi connectivity index (χ1) is 13.1. The number of hydrogen-bond acceptors (Lipinski definition) is 4. The Balaban J connectivity index is 1.40. The van der Waals surface area contributed by atoms with Gasteiger partial charge in [0.25, 0.3) is 0 Å². The number of nitrogens with zero attached hydrogens (tertiary/aromatic N) is 3. The topological polar surface area (TPSA) is 91.0 Å². The van der Waals surface area contributed by atoms with Gasteiger partial charge >= 0.3 is 0 Å². The number of fused-ring (bicyclic) bond motifs is 1. The minimum atomic E-state index is -0.364. The molecule has 7 nitrogen and oxygen atoms in total. The van der Waals surface area contributed by atoms with Gasteiger partial charge in [0.2, 0.25) is 11.8 Å². The van der Waals surface area contributed by atoms with E-state index in [1.165, 1.54) is 0 Å². The smallest absolute Gasteiger partial charge is 0.229 e. The summed E-state index contributed by atoms with van der Waals surface area (Å²) in [5.41, 5.74) is 1.96. The minimum Gasteiger partial charge on any atom is -0.355 e. The number of hydrogen-bond donors (Lipinski definition) is 2. The van der Waals surface area contributed by atoms with Crippen LogP contribution in [-0.4, -0.2) is 40.1 Å². The van der Waals surface area contributed by atoms with Gasteiger partial charge in [0.05, 0.1) is 11.4 Å². The Labute approximate surface area is 164 Å². The van der Waals surface area contributed by atoms with E-state index in [1.807, 2.05) is 30.3 Å². The second-order valence-corrected chi connectivity index (χ2v) is 7.45. The number of carbonyl (C=O) groups excluding carboxylic acids is 2. The number of nitrogens with one attached hydrogen (secondary N) is 2. The first-order valence-electron chi connectivity index (χ1n) is 8.72. The van der Waals surface area contributed by atoms with Crippen LogP contribution in [0, 0.1) is 5.92 Å². The van der Waals surface area contributed by atoms with Crippen LogP contribution >= 0.6 is 15.9 Å². The van der Waals surface area contributed by atoms with E-state index in [9.17, 15) is 9.59 Å². The normalized spacial score (nSPS) is 16.9. The van der Waals surface area contributed by atoms with Crippen LogP contribution in [0.3, 0.4) is 0 Å². The summed E-state index contributed by atoms with van der Waals surface area (Å²) in [7, 11) is 0. The van der Waals surface area contributed by atoms with Crippen LogP contribution in [-0.2, 0) is 16.0 Å². The van der Waals surface area contributed by atoms with E-state index in [2.05, 4.69) is 36.4 Å². The summed E-state index contributed by atoms with van der Waals surface area (Å²) in [6, 6.07) is 9.58. The standard InChI is InChI=1S/C19H18BrN5O2/c20-14-1-2-15-16(10-14)23-24-18(15)25-11-13(9-17(25)26)19(27)22-8-5-12-3-6-21-7-4-12/h1-4,6-7,10,13H,5,8-9,11H2,(H,22,27)(H,23,24). The molecule has 138 valence electrons. The highest BCUT2D eigenvalue weighted by atomic mass is 79.9. The van der Waals surface area contributed by atoms with Crippen LogP contribution in [0.25, 0.3) is 10.9 Å². The van der Waals surface area contributed by atoms with Crippen molar-refractivity contribution < 1.29 is 9.59 Å². The van der Waals surface area contributed by atoms with Crippen molar-refractivity contribution in [3.8, 4) is 0 Å². The molecular weight excluding hydrogens is 410 g/mol. The summed E-state index contributed by atoms with van der Waals surface area (Å²) >= 11 is 3.42. The van der Waals surface area contributed by atoms with Crippen molar-refractivity contribution in [1.82, 2.24) is 20.5 Å². The molecule has 8 heteroatoms. The van der Waals surface area contributed by atoms with Gasteiger partial charge in [-0.05, 0) is 42.3 Å². The van der Waals surface area contributed by atoms with Gasteiger partial charge in [0.15, 0.2) is 5.82 Å². The van der Waals surface area contributed by atoms with Crippen molar-refractivity contribution in [3.05, 3.63) is 52.8 Å². The number of pyridine rings is 1. The molecule has 3 aromatic rings. The predicted octanol–water partition coefficient (Wildman–Crippen LogP) is 2.43. The van der Waals surface area contributed by atoms with E-state index in [0.29, 0.717) is 18.9 Å². The molecule has 0 spiro atoms. The largest absolute Gasteiger partial charge is 0.355 e. The Kier molecular flexibility index (Phi) is 4.89. The van der Waals surface area contributed by atoms with E-state index in [4.69, 9.17) is 0 Å². The number of carbonyl (C=O) groups is 2. The van der Waals surface area contributed by atoms with Crippen LogP contribution in [0.15, 0.2) is 47.2 Å². The van der Waals surface area contributed by atoms with Gasteiger partial charge in [-0.3, -0.25) is 24.6 Å². The highest BCUT2D eigenvalue weighted by Gasteiger charge is 2.36. The molecule has 1 aliphatic heterocycles. The summed E-state index contributed by atoms with van der Waals surface area (Å²) in [5.74, 6) is 0.0369. The highest BCUT2D eigenvalue weighted by Crippen LogP contribution is 2.31. The Morgan fingerprint density at radius 2 is 2.11 bits per heavy atom. The summed E-state index contributed by atoms with van der Waals surface area (Å²) in [6.07, 6.45) is 4.40. The third-order valence-electron chi connectivity index (χ3n) is 4.72. The maximum absolute atomic E-state index is 12.5. The zero-order chi connectivity index (χ0) is 18.8. The molecule has 27 heavy (non-hydrogen) atoms. The molecule has 0 aliphatic carbocycles. The average Bonchev–Trinajstić information content (AvgIpc) is 3.25. The molecule has 2 aromatic heterocycles. The number of benzene rings is 1. The molecule has 2 N–H and O–H groups in total. The fourth-order valence-electron chi connectivity index (χ4n) is 3.29. The summed E-state index contributed by atoms with van der Waals surface area (Å²) in [4.78, 5) is 30.5. The molecule has 2 amide bonds. The molecule has 1 saturated heterocycles. The quantitative estimate of drug-likeness (QED) is 0.653. The van der Waals surface area contributed by atoms with Gasteiger partial charge in [0.1, 0.15) is 0 Å². The van der Waals surface area contributed by atoms with Crippen molar-refractivity contribution in [2.24, 2.45) is 5.92 Å². The van der Waals surface area contributed by atoms with Crippen molar-refractivity contribution in [1.29, 1.82) is 0 Å². The fraction of sp³-hybridized carbons (Fsp3) is 0.263. The third-order valence-corrected chi connectivity index (χ3v) is 5.21. The maximum atomic E-state index is 12.5. The fourth-order valence-corrected chi connectivity index (χ4v) is 3.66. The molecule has 0 bridgehead atoms. The van der Waals surface area contributed by atoms with Crippen molar-refractivity contribution in [2.75, 3.05) is 18.0 Å². The van der Waals surface area contributed by atoms with E-state index >= 15 is 0 Å². The average molecular weight is 428 g/mol. The molecule has 1 unspecified atom stereocenters. The summed E-state index contributed by atoms with van der Waals surface area (Å²) in [6.45, 7) is 0.878. The Morgan fingerprint density at radius 3 is 2.93 bits per heavy atom.